The number of nitrogens with one attached hydrogen (secondary N) is 1. The smallest absolute Gasteiger partial charge is 0.326 e. The van der Waals surface area contributed by atoms with Gasteiger partial charge in [0, 0.05) is 29.5 Å². The molecule has 0 spiro atoms. The summed E-state index contributed by atoms with van der Waals surface area (Å²) in [6.45, 7) is 3.74. The highest BCUT2D eigenvalue weighted by atomic mass is 79.9. The molecule has 0 saturated heterocycles. The maximum Gasteiger partial charge on any atom is 0.326 e. The summed E-state index contributed by atoms with van der Waals surface area (Å²) in [6, 6.07) is 12.3. The number of nitrogens with zero attached hydrogens (tertiary/aromatic N) is 4. The van der Waals surface area contributed by atoms with E-state index in [2.05, 4.69) is 36.6 Å². The van der Waals surface area contributed by atoms with Crippen molar-refractivity contribution in [3.8, 4) is 22.7 Å². The molecule has 4 rings (SSSR count). The minimum Gasteiger partial charge on any atom is -0.480 e. The molecular weight excluding hydrogens is 502 g/mol. The number of fused-ring (bicyclic) bond motifs is 1. The average Bonchev–Trinajstić information content (AvgIpc) is 3.49. The Labute approximate surface area is 204 Å². The van der Waals surface area contributed by atoms with Gasteiger partial charge in [-0.1, -0.05) is 43.7 Å². The van der Waals surface area contributed by atoms with Crippen LogP contribution in [-0.2, 0) is 16.1 Å². The summed E-state index contributed by atoms with van der Waals surface area (Å²) in [7, 11) is 0. The van der Waals surface area contributed by atoms with Gasteiger partial charge in [-0.15, -0.1) is 10.2 Å². The first-order chi connectivity index (χ1) is 16.4. The summed E-state index contributed by atoms with van der Waals surface area (Å²) in [5, 5.41) is 24.3. The highest BCUT2D eigenvalue weighted by molar-refractivity contribution is 9.10. The van der Waals surface area contributed by atoms with Crippen LogP contribution in [0.25, 0.3) is 33.7 Å². The molecule has 2 N–H and O–H groups in total. The number of carboxylic acid groups (broad SMARTS) is 1. The van der Waals surface area contributed by atoms with Crippen LogP contribution >= 0.6 is 15.9 Å². The summed E-state index contributed by atoms with van der Waals surface area (Å²) in [4.78, 5) is 25.7. The van der Waals surface area contributed by atoms with Crippen LogP contribution in [0, 0.1) is 0 Å². The molecule has 1 atom stereocenters. The van der Waals surface area contributed by atoms with Crippen molar-refractivity contribution < 1.29 is 19.1 Å². The summed E-state index contributed by atoms with van der Waals surface area (Å²) in [5.74, 6) is -0.0115. The van der Waals surface area contributed by atoms with Crippen LogP contribution in [0.1, 0.15) is 38.7 Å². The van der Waals surface area contributed by atoms with Gasteiger partial charge in [0.1, 0.15) is 17.4 Å². The number of halogens is 1. The number of carbonyl (C=O) groups excluding carboxylic acids is 1. The number of amides is 1. The second-order valence-electron chi connectivity index (χ2n) is 8.03. The Kier molecular flexibility index (Phi) is 7.06. The number of H-pyrrole nitrogens is 1. The number of aromatic amines is 1. The summed E-state index contributed by atoms with van der Waals surface area (Å²) in [5.41, 5.74) is 3.20. The van der Waals surface area contributed by atoms with Gasteiger partial charge < -0.3 is 14.4 Å². The lowest BCUT2D eigenvalue weighted by molar-refractivity contribution is -0.150. The topological polar surface area (TPSA) is 125 Å². The molecule has 2 aromatic carbocycles. The zero-order valence-corrected chi connectivity index (χ0v) is 20.4. The van der Waals surface area contributed by atoms with E-state index in [0.717, 1.165) is 39.4 Å². The largest absolute Gasteiger partial charge is 0.480 e. The van der Waals surface area contributed by atoms with Crippen molar-refractivity contribution in [1.82, 2.24) is 25.5 Å². The Morgan fingerprint density at radius 1 is 1.18 bits per heavy atom. The van der Waals surface area contributed by atoms with E-state index in [9.17, 15) is 14.7 Å². The molecule has 4 aromatic rings. The Balaban J connectivity index is 1.62. The first-order valence-corrected chi connectivity index (χ1v) is 11.8. The van der Waals surface area contributed by atoms with E-state index in [1.54, 1.807) is 0 Å². The minimum atomic E-state index is -1.03. The molecule has 0 aliphatic rings. The molecule has 34 heavy (non-hydrogen) atoms. The second kappa shape index (κ2) is 10.2. The van der Waals surface area contributed by atoms with Gasteiger partial charge in [-0.25, -0.2) is 4.79 Å². The van der Waals surface area contributed by atoms with E-state index < -0.39 is 12.0 Å². The van der Waals surface area contributed by atoms with Crippen LogP contribution in [-0.4, -0.2) is 48.5 Å². The van der Waals surface area contributed by atoms with E-state index in [0.29, 0.717) is 23.6 Å². The van der Waals surface area contributed by atoms with Crippen molar-refractivity contribution in [2.24, 2.45) is 0 Å². The van der Waals surface area contributed by atoms with Crippen LogP contribution in [0.5, 0.6) is 0 Å². The van der Waals surface area contributed by atoms with E-state index in [1.807, 2.05) is 49.4 Å². The zero-order chi connectivity index (χ0) is 24.2. The molecule has 0 saturated carbocycles. The first kappa shape index (κ1) is 23.6. The Morgan fingerprint density at radius 2 is 1.91 bits per heavy atom. The van der Waals surface area contributed by atoms with Gasteiger partial charge in [0.2, 0.25) is 11.7 Å². The van der Waals surface area contributed by atoms with Crippen molar-refractivity contribution in [1.29, 1.82) is 0 Å². The van der Waals surface area contributed by atoms with Crippen LogP contribution < -0.4 is 0 Å². The van der Waals surface area contributed by atoms with Crippen molar-refractivity contribution in [2.75, 3.05) is 0 Å². The number of furan rings is 1. The number of hydrogen-bond acceptors (Lipinski definition) is 6. The van der Waals surface area contributed by atoms with E-state index >= 15 is 0 Å². The number of carboxylic acids is 1. The van der Waals surface area contributed by atoms with Crippen molar-refractivity contribution in [3.05, 3.63) is 52.5 Å². The molecule has 0 aliphatic heterocycles. The lowest BCUT2D eigenvalue weighted by Gasteiger charge is -2.26. The number of unbranched alkanes of at least 4 members (excludes halogenated alkanes) is 1. The molecule has 0 fully saturated rings. The molecule has 1 unspecified atom stereocenters. The van der Waals surface area contributed by atoms with Crippen LogP contribution in [0.4, 0.5) is 0 Å². The lowest BCUT2D eigenvalue weighted by Crippen LogP contribution is -2.42. The molecule has 2 heterocycles. The highest BCUT2D eigenvalue weighted by Crippen LogP contribution is 2.38. The van der Waals surface area contributed by atoms with Crippen molar-refractivity contribution >= 4 is 38.8 Å². The Morgan fingerprint density at radius 3 is 2.56 bits per heavy atom. The number of carbonyl (C=O) groups is 2. The highest BCUT2D eigenvalue weighted by Gasteiger charge is 2.25. The van der Waals surface area contributed by atoms with Crippen LogP contribution in [0.15, 0.2) is 51.4 Å². The maximum absolute atomic E-state index is 12.7. The monoisotopic (exact) mass is 525 g/mol. The third-order valence-corrected chi connectivity index (χ3v) is 6.47. The fraction of sp³-hybridized carbons (Fsp3) is 0.292. The summed E-state index contributed by atoms with van der Waals surface area (Å²) >= 11 is 3.65. The van der Waals surface area contributed by atoms with Crippen LogP contribution in [0.3, 0.4) is 0 Å². The fourth-order valence-corrected chi connectivity index (χ4v) is 4.32. The molecule has 0 radical (unpaired) electrons. The van der Waals surface area contributed by atoms with Gasteiger partial charge in [-0.2, -0.15) is 5.21 Å². The van der Waals surface area contributed by atoms with Crippen LogP contribution in [0.2, 0.25) is 0 Å². The number of benzene rings is 2. The first-order valence-electron chi connectivity index (χ1n) is 11.0. The summed E-state index contributed by atoms with van der Waals surface area (Å²) in [6.07, 6.45) is 1.92. The average molecular weight is 526 g/mol. The third-order valence-electron chi connectivity index (χ3n) is 5.68. The minimum absolute atomic E-state index is 0.162. The molecule has 2 aromatic heterocycles. The quantitative estimate of drug-likeness (QED) is 0.313. The van der Waals surface area contributed by atoms with Gasteiger partial charge in [0.05, 0.1) is 4.47 Å². The Bertz CT molecular complexity index is 1300. The molecule has 0 bridgehead atoms. The van der Waals surface area contributed by atoms with Gasteiger partial charge in [-0.3, -0.25) is 4.79 Å². The number of rotatable bonds is 9. The molecule has 10 heteroatoms. The van der Waals surface area contributed by atoms with Crippen molar-refractivity contribution in [3.63, 3.8) is 0 Å². The van der Waals surface area contributed by atoms with Crippen molar-refractivity contribution in [2.45, 2.75) is 45.7 Å². The predicted octanol–water partition coefficient (Wildman–Crippen LogP) is 5.03. The number of aliphatic carboxylic acids is 1. The standard InChI is InChI=1S/C24H24BrN5O4/c1-3-4-5-20(31)30(14(2)24(32)33)13-15-6-11-19-18(12-15)21(25)22(34-19)16-7-9-17(10-8-16)23-26-28-29-27-23/h6-12,14H,3-5,13H2,1-2H3,(H,32,33)(H,26,27,28,29). The fourth-order valence-electron chi connectivity index (χ4n) is 3.70. The molecule has 1 amide bonds. The molecule has 176 valence electrons. The van der Waals surface area contributed by atoms with Gasteiger partial charge in [-0.05, 0) is 52.2 Å². The SMILES string of the molecule is CCCCC(=O)N(Cc1ccc2oc(-c3ccc(-c4nn[nH]n4)cc3)c(Br)c2c1)C(C)C(=O)O. The molecule has 0 aliphatic carbocycles. The number of hydrogen-bond donors (Lipinski definition) is 2. The van der Waals surface area contributed by atoms with E-state index in [4.69, 9.17) is 4.42 Å². The second-order valence-corrected chi connectivity index (χ2v) is 8.82. The number of aromatic nitrogens is 4. The zero-order valence-electron chi connectivity index (χ0n) is 18.8. The van der Waals surface area contributed by atoms with E-state index in [1.165, 1.54) is 11.8 Å². The normalized spacial score (nSPS) is 12.1. The maximum atomic E-state index is 12.7. The Hall–Kier alpha value is -3.53. The summed E-state index contributed by atoms with van der Waals surface area (Å²) < 4.78 is 6.87. The number of tetrazole rings is 1. The lowest BCUT2D eigenvalue weighted by atomic mass is 10.1. The molecular formula is C24H24BrN5O4. The molecule has 9 nitrogen and oxygen atoms in total. The predicted molar refractivity (Wildman–Crippen MR) is 130 cm³/mol. The van der Waals surface area contributed by atoms with Gasteiger partial charge in [0.15, 0.2) is 0 Å². The van der Waals surface area contributed by atoms with Gasteiger partial charge >= 0.3 is 5.97 Å². The third kappa shape index (κ3) is 4.86. The van der Waals surface area contributed by atoms with E-state index in [-0.39, 0.29) is 12.5 Å². The van der Waals surface area contributed by atoms with Gasteiger partial charge in [0.25, 0.3) is 0 Å².